The highest BCUT2D eigenvalue weighted by molar-refractivity contribution is 7.89. The predicted molar refractivity (Wildman–Crippen MR) is 69.4 cm³/mol. The standard InChI is InChI=1S/C12H15F2NO5S/c1-6(16)12(2,3)15-21(19,20)8-5-4-7(13)9(10(8)14)11(17)18/h4-6,15-16H,1-3H3,(H,17,18). The molecule has 0 heterocycles. The minimum Gasteiger partial charge on any atom is -0.477 e. The SMILES string of the molecule is CC(O)C(C)(C)NS(=O)(=O)c1ccc(F)c(C(=O)O)c1F. The van der Waals surface area contributed by atoms with Gasteiger partial charge < -0.3 is 10.2 Å². The lowest BCUT2D eigenvalue weighted by Gasteiger charge is -2.29. The molecule has 0 spiro atoms. The molecule has 1 aromatic rings. The third-order valence-corrected chi connectivity index (χ3v) is 4.69. The molecule has 1 atom stereocenters. The molecule has 1 rings (SSSR count). The summed E-state index contributed by atoms with van der Waals surface area (Å²) in [5.41, 5.74) is -2.68. The van der Waals surface area contributed by atoms with Gasteiger partial charge in [-0.25, -0.2) is 26.7 Å². The highest BCUT2D eigenvalue weighted by atomic mass is 32.2. The van der Waals surface area contributed by atoms with Gasteiger partial charge in [0, 0.05) is 0 Å². The molecule has 0 bridgehead atoms. The van der Waals surface area contributed by atoms with E-state index in [0.29, 0.717) is 12.1 Å². The number of benzene rings is 1. The van der Waals surface area contributed by atoms with Gasteiger partial charge in [0.2, 0.25) is 10.0 Å². The molecule has 21 heavy (non-hydrogen) atoms. The zero-order valence-electron chi connectivity index (χ0n) is 11.5. The van der Waals surface area contributed by atoms with Crippen LogP contribution >= 0.6 is 0 Å². The average Bonchev–Trinajstić information content (AvgIpc) is 2.25. The van der Waals surface area contributed by atoms with Crippen LogP contribution in [-0.2, 0) is 10.0 Å². The molecule has 0 fully saturated rings. The summed E-state index contributed by atoms with van der Waals surface area (Å²) in [7, 11) is -4.48. The minimum absolute atomic E-state index is 0.552. The topological polar surface area (TPSA) is 104 Å². The molecule has 0 aliphatic carbocycles. The van der Waals surface area contributed by atoms with E-state index in [1.54, 1.807) is 0 Å². The summed E-state index contributed by atoms with van der Waals surface area (Å²) >= 11 is 0. The molecule has 0 amide bonds. The zero-order valence-corrected chi connectivity index (χ0v) is 12.3. The van der Waals surface area contributed by atoms with Crippen molar-refractivity contribution in [2.75, 3.05) is 0 Å². The van der Waals surface area contributed by atoms with Crippen LogP contribution in [0.4, 0.5) is 8.78 Å². The quantitative estimate of drug-likeness (QED) is 0.753. The van der Waals surface area contributed by atoms with E-state index in [1.807, 2.05) is 4.72 Å². The van der Waals surface area contributed by atoms with E-state index in [1.165, 1.54) is 20.8 Å². The number of aliphatic hydroxyl groups excluding tert-OH is 1. The predicted octanol–water partition coefficient (Wildman–Crippen LogP) is 1.10. The summed E-state index contributed by atoms with van der Waals surface area (Å²) in [6.45, 7) is 4.04. The lowest BCUT2D eigenvalue weighted by Crippen LogP contribution is -2.51. The Bertz CT molecular complexity index is 670. The molecular weight excluding hydrogens is 308 g/mol. The molecule has 0 aliphatic rings. The molecule has 0 aliphatic heterocycles. The van der Waals surface area contributed by atoms with E-state index in [0.717, 1.165) is 0 Å². The number of carboxylic acid groups (broad SMARTS) is 1. The van der Waals surface area contributed by atoms with Crippen LogP contribution in [0.25, 0.3) is 0 Å². The van der Waals surface area contributed by atoms with Crippen molar-refractivity contribution in [2.24, 2.45) is 0 Å². The molecule has 0 saturated carbocycles. The molecule has 0 aromatic heterocycles. The van der Waals surface area contributed by atoms with Gasteiger partial charge in [-0.05, 0) is 32.9 Å². The molecule has 1 unspecified atom stereocenters. The largest absolute Gasteiger partial charge is 0.477 e. The van der Waals surface area contributed by atoms with E-state index in [-0.39, 0.29) is 0 Å². The fourth-order valence-corrected chi connectivity index (χ4v) is 2.98. The number of aliphatic hydroxyl groups is 1. The Morgan fingerprint density at radius 3 is 2.29 bits per heavy atom. The van der Waals surface area contributed by atoms with Crippen LogP contribution in [0.3, 0.4) is 0 Å². The average molecular weight is 323 g/mol. The van der Waals surface area contributed by atoms with E-state index >= 15 is 0 Å². The van der Waals surface area contributed by atoms with Crippen molar-refractivity contribution in [3.8, 4) is 0 Å². The van der Waals surface area contributed by atoms with E-state index in [4.69, 9.17) is 5.11 Å². The Morgan fingerprint density at radius 1 is 1.33 bits per heavy atom. The molecule has 9 heteroatoms. The summed E-state index contributed by atoms with van der Waals surface area (Å²) in [6, 6.07) is 1.17. The van der Waals surface area contributed by atoms with Crippen molar-refractivity contribution in [1.82, 2.24) is 4.72 Å². The maximum absolute atomic E-state index is 14.0. The smallest absolute Gasteiger partial charge is 0.341 e. The summed E-state index contributed by atoms with van der Waals surface area (Å²) in [5, 5.41) is 18.2. The molecule has 6 nitrogen and oxygen atoms in total. The number of hydrogen-bond donors (Lipinski definition) is 3. The second kappa shape index (κ2) is 5.66. The van der Waals surface area contributed by atoms with Crippen LogP contribution in [0.2, 0.25) is 0 Å². The normalized spacial score (nSPS) is 14.0. The van der Waals surface area contributed by atoms with Crippen LogP contribution < -0.4 is 4.72 Å². The lowest BCUT2D eigenvalue weighted by molar-refractivity contribution is 0.0685. The van der Waals surface area contributed by atoms with Gasteiger partial charge in [0.25, 0.3) is 0 Å². The Balaban J connectivity index is 3.41. The minimum atomic E-state index is -4.48. The Morgan fingerprint density at radius 2 is 1.86 bits per heavy atom. The van der Waals surface area contributed by atoms with Crippen molar-refractivity contribution >= 4 is 16.0 Å². The summed E-state index contributed by atoms with van der Waals surface area (Å²) in [6.07, 6.45) is -1.10. The monoisotopic (exact) mass is 323 g/mol. The fourth-order valence-electron chi connectivity index (χ4n) is 1.42. The van der Waals surface area contributed by atoms with Gasteiger partial charge >= 0.3 is 5.97 Å². The Hall–Kier alpha value is -1.58. The van der Waals surface area contributed by atoms with Crippen LogP contribution in [0.1, 0.15) is 31.1 Å². The van der Waals surface area contributed by atoms with Gasteiger partial charge in [0.15, 0.2) is 5.82 Å². The molecule has 1 aromatic carbocycles. The number of sulfonamides is 1. The maximum atomic E-state index is 14.0. The molecular formula is C12H15F2NO5S. The number of carboxylic acids is 1. The summed E-state index contributed by atoms with van der Waals surface area (Å²) < 4.78 is 53.4. The zero-order chi connectivity index (χ0) is 16.6. The Labute approximate surface area is 120 Å². The molecule has 0 radical (unpaired) electrons. The fraction of sp³-hybridized carbons (Fsp3) is 0.417. The molecule has 0 saturated heterocycles. The first-order valence-corrected chi connectivity index (χ1v) is 7.32. The van der Waals surface area contributed by atoms with Gasteiger partial charge in [-0.1, -0.05) is 0 Å². The highest BCUT2D eigenvalue weighted by Crippen LogP contribution is 2.23. The summed E-state index contributed by atoms with van der Waals surface area (Å²) in [5.74, 6) is -5.00. The number of halogens is 2. The van der Waals surface area contributed by atoms with Crippen LogP contribution in [-0.4, -0.2) is 36.2 Å². The van der Waals surface area contributed by atoms with Crippen molar-refractivity contribution in [2.45, 2.75) is 37.3 Å². The second-order valence-corrected chi connectivity index (χ2v) is 6.69. The number of aromatic carboxylic acids is 1. The first kappa shape index (κ1) is 17.5. The van der Waals surface area contributed by atoms with Crippen LogP contribution in [0.15, 0.2) is 17.0 Å². The van der Waals surface area contributed by atoms with E-state index < -0.39 is 49.7 Å². The van der Waals surface area contributed by atoms with Crippen molar-refractivity contribution in [3.05, 3.63) is 29.3 Å². The van der Waals surface area contributed by atoms with E-state index in [2.05, 4.69) is 0 Å². The molecule has 118 valence electrons. The highest BCUT2D eigenvalue weighted by Gasteiger charge is 2.33. The number of carbonyl (C=O) groups is 1. The summed E-state index contributed by atoms with van der Waals surface area (Å²) in [4.78, 5) is 9.78. The number of rotatable bonds is 5. The lowest BCUT2D eigenvalue weighted by atomic mass is 10.0. The maximum Gasteiger partial charge on any atom is 0.341 e. The number of hydrogen-bond acceptors (Lipinski definition) is 4. The van der Waals surface area contributed by atoms with Crippen molar-refractivity contribution < 1.29 is 32.2 Å². The van der Waals surface area contributed by atoms with Crippen molar-refractivity contribution in [3.63, 3.8) is 0 Å². The third kappa shape index (κ3) is 3.55. The second-order valence-electron chi connectivity index (χ2n) is 5.04. The van der Waals surface area contributed by atoms with Crippen LogP contribution in [0, 0.1) is 11.6 Å². The first-order valence-electron chi connectivity index (χ1n) is 5.83. The van der Waals surface area contributed by atoms with Gasteiger partial charge in [0.1, 0.15) is 16.3 Å². The van der Waals surface area contributed by atoms with Gasteiger partial charge in [0.05, 0.1) is 11.6 Å². The molecule has 3 N–H and O–H groups in total. The van der Waals surface area contributed by atoms with Crippen molar-refractivity contribution in [1.29, 1.82) is 0 Å². The first-order chi connectivity index (χ1) is 9.40. The number of nitrogens with one attached hydrogen (secondary N) is 1. The Kier molecular flexibility index (Phi) is 4.71. The van der Waals surface area contributed by atoms with Crippen LogP contribution in [0.5, 0.6) is 0 Å². The van der Waals surface area contributed by atoms with Gasteiger partial charge in [-0.3, -0.25) is 0 Å². The van der Waals surface area contributed by atoms with Gasteiger partial charge in [-0.15, -0.1) is 0 Å². The van der Waals surface area contributed by atoms with Gasteiger partial charge in [-0.2, -0.15) is 0 Å². The van der Waals surface area contributed by atoms with E-state index in [9.17, 15) is 27.1 Å². The third-order valence-electron chi connectivity index (χ3n) is 3.00.